The number of hydrogen-bond acceptors (Lipinski definition) is 5. The number of aromatic nitrogens is 2. The standard InChI is InChI=1S/C10H15N5O3/c1-14-8(6(11)3-13-14)10(18)15-4-5(16)2-7(15)9(12)17/h3,5,7,16H,2,4,11H2,1H3,(H2,12,17). The third-order valence-corrected chi connectivity index (χ3v) is 3.04. The Kier molecular flexibility index (Phi) is 2.95. The Morgan fingerprint density at radius 3 is 2.72 bits per heavy atom. The van der Waals surface area contributed by atoms with Gasteiger partial charge in [0.2, 0.25) is 5.91 Å². The van der Waals surface area contributed by atoms with Crippen molar-refractivity contribution in [2.45, 2.75) is 18.6 Å². The number of primary amides is 1. The van der Waals surface area contributed by atoms with Crippen LogP contribution in [-0.2, 0) is 11.8 Å². The largest absolute Gasteiger partial charge is 0.396 e. The minimum absolute atomic E-state index is 0.0665. The molecule has 1 aliphatic heterocycles. The number of β-amino-alcohol motifs (C(OH)–C–C–N with tert-alkyl or cyclic N) is 1. The molecule has 2 atom stereocenters. The van der Waals surface area contributed by atoms with E-state index in [1.165, 1.54) is 15.8 Å². The first-order chi connectivity index (χ1) is 8.41. The molecule has 8 heteroatoms. The van der Waals surface area contributed by atoms with E-state index < -0.39 is 24.0 Å². The number of aliphatic hydroxyl groups is 1. The fourth-order valence-electron chi connectivity index (χ4n) is 2.16. The number of anilines is 1. The predicted octanol–water partition coefficient (Wildman–Crippen LogP) is -1.94. The molecule has 0 bridgehead atoms. The monoisotopic (exact) mass is 253 g/mol. The number of nitrogens with zero attached hydrogens (tertiary/aromatic N) is 3. The normalized spacial score (nSPS) is 23.3. The van der Waals surface area contributed by atoms with Gasteiger partial charge in [-0.05, 0) is 0 Å². The molecule has 2 heterocycles. The molecule has 0 aliphatic carbocycles. The number of aryl methyl sites for hydroxylation is 1. The number of likely N-dealkylation sites (tertiary alicyclic amines) is 1. The maximum absolute atomic E-state index is 12.3. The van der Waals surface area contributed by atoms with Gasteiger partial charge in [0.1, 0.15) is 11.7 Å². The number of carbonyl (C=O) groups excluding carboxylic acids is 2. The molecule has 18 heavy (non-hydrogen) atoms. The number of nitrogen functional groups attached to an aromatic ring is 1. The maximum atomic E-state index is 12.3. The molecule has 1 aliphatic rings. The number of rotatable bonds is 2. The van der Waals surface area contributed by atoms with Crippen LogP contribution in [0.3, 0.4) is 0 Å². The minimum Gasteiger partial charge on any atom is -0.396 e. The summed E-state index contributed by atoms with van der Waals surface area (Å²) in [4.78, 5) is 24.8. The van der Waals surface area contributed by atoms with E-state index >= 15 is 0 Å². The minimum atomic E-state index is -0.804. The molecule has 1 aromatic rings. The van der Waals surface area contributed by atoms with Crippen LogP contribution in [-0.4, -0.2) is 50.3 Å². The quantitative estimate of drug-likeness (QED) is 0.565. The van der Waals surface area contributed by atoms with Crippen molar-refractivity contribution in [3.63, 3.8) is 0 Å². The topological polar surface area (TPSA) is 127 Å². The van der Waals surface area contributed by atoms with Crippen molar-refractivity contribution in [2.75, 3.05) is 12.3 Å². The SMILES string of the molecule is Cn1ncc(N)c1C(=O)N1CC(O)CC1C(N)=O. The van der Waals surface area contributed by atoms with Crippen LogP contribution in [0, 0.1) is 0 Å². The summed E-state index contributed by atoms with van der Waals surface area (Å²) in [5, 5.41) is 13.4. The van der Waals surface area contributed by atoms with Crippen LogP contribution in [0.25, 0.3) is 0 Å². The van der Waals surface area contributed by atoms with Crippen LogP contribution in [0.15, 0.2) is 6.20 Å². The van der Waals surface area contributed by atoms with Crippen LogP contribution in [0.4, 0.5) is 5.69 Å². The van der Waals surface area contributed by atoms with Crippen LogP contribution in [0.1, 0.15) is 16.9 Å². The van der Waals surface area contributed by atoms with Crippen molar-refractivity contribution in [3.8, 4) is 0 Å². The van der Waals surface area contributed by atoms with E-state index in [0.717, 1.165) is 0 Å². The van der Waals surface area contributed by atoms with Crippen molar-refractivity contribution in [1.29, 1.82) is 0 Å². The zero-order valence-corrected chi connectivity index (χ0v) is 9.91. The molecule has 5 N–H and O–H groups in total. The molecule has 2 amide bonds. The van der Waals surface area contributed by atoms with Crippen LogP contribution >= 0.6 is 0 Å². The molecule has 2 unspecified atom stereocenters. The lowest BCUT2D eigenvalue weighted by atomic mass is 10.2. The van der Waals surface area contributed by atoms with Gasteiger partial charge < -0.3 is 21.5 Å². The van der Waals surface area contributed by atoms with Gasteiger partial charge in [-0.25, -0.2) is 0 Å². The van der Waals surface area contributed by atoms with Crippen molar-refractivity contribution in [3.05, 3.63) is 11.9 Å². The molecule has 98 valence electrons. The molecule has 1 saturated heterocycles. The zero-order chi connectivity index (χ0) is 13.4. The summed E-state index contributed by atoms with van der Waals surface area (Å²) in [5.74, 6) is -1.09. The van der Waals surface area contributed by atoms with Crippen LogP contribution < -0.4 is 11.5 Å². The summed E-state index contributed by atoms with van der Waals surface area (Å²) in [6, 6.07) is -0.804. The molecule has 0 radical (unpaired) electrons. The van der Waals surface area contributed by atoms with Crippen molar-refractivity contribution in [1.82, 2.24) is 14.7 Å². The van der Waals surface area contributed by atoms with Gasteiger partial charge in [-0.1, -0.05) is 0 Å². The highest BCUT2D eigenvalue weighted by molar-refractivity contribution is 6.00. The average Bonchev–Trinajstić information content (AvgIpc) is 2.82. The van der Waals surface area contributed by atoms with E-state index in [4.69, 9.17) is 11.5 Å². The summed E-state index contributed by atoms with van der Waals surface area (Å²) in [6.07, 6.45) is 0.763. The van der Waals surface area contributed by atoms with E-state index in [2.05, 4.69) is 5.10 Å². The summed E-state index contributed by atoms with van der Waals surface area (Å²) in [7, 11) is 1.58. The molecule has 2 rings (SSSR count). The summed E-state index contributed by atoms with van der Waals surface area (Å²) in [6.45, 7) is 0.0665. The van der Waals surface area contributed by atoms with Gasteiger partial charge in [-0.2, -0.15) is 5.10 Å². The second kappa shape index (κ2) is 4.30. The van der Waals surface area contributed by atoms with Gasteiger partial charge in [0.05, 0.1) is 18.0 Å². The Morgan fingerprint density at radius 1 is 1.56 bits per heavy atom. The molecule has 0 saturated carbocycles. The number of amides is 2. The van der Waals surface area contributed by atoms with Crippen LogP contribution in [0.5, 0.6) is 0 Å². The molecular formula is C10H15N5O3. The Labute approximate surface area is 103 Å². The smallest absolute Gasteiger partial charge is 0.275 e. The molecule has 1 fully saturated rings. The average molecular weight is 253 g/mol. The van der Waals surface area contributed by atoms with Crippen molar-refractivity contribution in [2.24, 2.45) is 12.8 Å². The molecule has 8 nitrogen and oxygen atoms in total. The van der Waals surface area contributed by atoms with Gasteiger partial charge in [0.25, 0.3) is 5.91 Å². The Hall–Kier alpha value is -2.09. The molecule has 0 aromatic carbocycles. The van der Waals surface area contributed by atoms with Gasteiger partial charge in [0.15, 0.2) is 0 Å². The van der Waals surface area contributed by atoms with E-state index in [-0.39, 0.29) is 24.3 Å². The van der Waals surface area contributed by atoms with Crippen LogP contribution in [0.2, 0.25) is 0 Å². The first kappa shape index (κ1) is 12.4. The second-order valence-corrected chi connectivity index (χ2v) is 4.34. The highest BCUT2D eigenvalue weighted by Gasteiger charge is 2.39. The summed E-state index contributed by atoms with van der Waals surface area (Å²) in [5.41, 5.74) is 11.3. The first-order valence-electron chi connectivity index (χ1n) is 5.47. The fraction of sp³-hybridized carbons (Fsp3) is 0.500. The highest BCUT2D eigenvalue weighted by Crippen LogP contribution is 2.22. The molecular weight excluding hydrogens is 238 g/mol. The second-order valence-electron chi connectivity index (χ2n) is 4.34. The van der Waals surface area contributed by atoms with E-state index in [1.54, 1.807) is 7.05 Å². The molecule has 0 spiro atoms. The number of aliphatic hydroxyl groups excluding tert-OH is 1. The molecule has 1 aromatic heterocycles. The fourth-order valence-corrected chi connectivity index (χ4v) is 2.16. The highest BCUT2D eigenvalue weighted by atomic mass is 16.3. The lowest BCUT2D eigenvalue weighted by molar-refractivity contribution is -0.121. The Balaban J connectivity index is 2.31. The summed E-state index contributed by atoms with van der Waals surface area (Å²) >= 11 is 0. The van der Waals surface area contributed by atoms with E-state index in [0.29, 0.717) is 0 Å². The Bertz CT molecular complexity index is 478. The van der Waals surface area contributed by atoms with E-state index in [9.17, 15) is 14.7 Å². The van der Waals surface area contributed by atoms with Gasteiger partial charge in [-0.3, -0.25) is 14.3 Å². The van der Waals surface area contributed by atoms with Crippen molar-refractivity contribution >= 4 is 17.5 Å². The van der Waals surface area contributed by atoms with Crippen molar-refractivity contribution < 1.29 is 14.7 Å². The lowest BCUT2D eigenvalue weighted by Crippen LogP contribution is -2.44. The number of hydrogen-bond donors (Lipinski definition) is 3. The lowest BCUT2D eigenvalue weighted by Gasteiger charge is -2.21. The number of carbonyl (C=O) groups is 2. The van der Waals surface area contributed by atoms with Gasteiger partial charge in [-0.15, -0.1) is 0 Å². The zero-order valence-electron chi connectivity index (χ0n) is 9.91. The Morgan fingerprint density at radius 2 is 2.22 bits per heavy atom. The first-order valence-corrected chi connectivity index (χ1v) is 5.47. The van der Waals surface area contributed by atoms with E-state index in [1.807, 2.05) is 0 Å². The maximum Gasteiger partial charge on any atom is 0.275 e. The number of nitrogens with two attached hydrogens (primary N) is 2. The third-order valence-electron chi connectivity index (χ3n) is 3.04. The predicted molar refractivity (Wildman–Crippen MR) is 62.3 cm³/mol. The summed E-state index contributed by atoms with van der Waals surface area (Å²) < 4.78 is 1.33. The third kappa shape index (κ3) is 1.90. The van der Waals surface area contributed by atoms with Gasteiger partial charge >= 0.3 is 0 Å². The van der Waals surface area contributed by atoms with Gasteiger partial charge in [0, 0.05) is 20.0 Å².